The fourth-order valence-electron chi connectivity index (χ4n) is 3.62. The highest BCUT2D eigenvalue weighted by molar-refractivity contribution is 6.33. The zero-order chi connectivity index (χ0) is 14.0. The quantitative estimate of drug-likeness (QED) is 0.854. The zero-order valence-corrected chi connectivity index (χ0v) is 12.4. The highest BCUT2D eigenvalue weighted by atomic mass is 35.5. The van der Waals surface area contributed by atoms with Gasteiger partial charge in [0.1, 0.15) is 10.3 Å². The number of carbonyl (C=O) groups excluding carboxylic acids is 1. The van der Waals surface area contributed by atoms with Crippen LogP contribution in [0.2, 0.25) is 10.3 Å². The Labute approximate surface area is 126 Å². The smallest absolute Gasteiger partial charge is 0.252 e. The number of carbonyl (C=O) groups is 1. The average molecular weight is 313 g/mol. The minimum atomic E-state index is -0.146. The number of halogens is 2. The molecule has 2 aliphatic heterocycles. The van der Waals surface area contributed by atoms with E-state index in [0.717, 1.165) is 12.3 Å². The number of nitrogens with zero attached hydrogens (tertiary/aromatic N) is 1. The Hall–Kier alpha value is -0.840. The van der Waals surface area contributed by atoms with Gasteiger partial charge in [-0.2, -0.15) is 0 Å². The Kier molecular flexibility index (Phi) is 2.78. The molecule has 1 saturated carbocycles. The summed E-state index contributed by atoms with van der Waals surface area (Å²) in [7, 11) is 0. The molecule has 6 heteroatoms. The first-order valence-electron chi connectivity index (χ1n) is 6.83. The van der Waals surface area contributed by atoms with Crippen molar-refractivity contribution in [2.24, 2.45) is 11.8 Å². The van der Waals surface area contributed by atoms with Crippen LogP contribution in [0, 0.1) is 18.8 Å². The molecule has 2 saturated heterocycles. The Morgan fingerprint density at radius 3 is 2.90 bits per heavy atom. The maximum atomic E-state index is 12.4. The van der Waals surface area contributed by atoms with E-state index >= 15 is 0 Å². The Bertz CT molecular complexity index is 607. The lowest BCUT2D eigenvalue weighted by molar-refractivity contribution is 0.0631. The molecule has 1 N–H and O–H groups in total. The predicted molar refractivity (Wildman–Crippen MR) is 75.1 cm³/mol. The molecular weight excluding hydrogens is 299 g/mol. The van der Waals surface area contributed by atoms with Crippen molar-refractivity contribution >= 4 is 29.1 Å². The lowest BCUT2D eigenvalue weighted by Crippen LogP contribution is -2.42. The molecular formula is C14H14Cl2N2O2. The van der Waals surface area contributed by atoms with E-state index in [0.29, 0.717) is 23.1 Å². The van der Waals surface area contributed by atoms with Crippen LogP contribution in [0.4, 0.5) is 0 Å². The van der Waals surface area contributed by atoms with E-state index in [9.17, 15) is 4.79 Å². The van der Waals surface area contributed by atoms with Crippen LogP contribution in [0.1, 0.15) is 28.8 Å². The van der Waals surface area contributed by atoms with Crippen molar-refractivity contribution < 1.29 is 9.53 Å². The minimum absolute atomic E-state index is 0.112. The van der Waals surface area contributed by atoms with E-state index in [1.807, 2.05) is 0 Å². The van der Waals surface area contributed by atoms with Crippen molar-refractivity contribution in [3.8, 4) is 0 Å². The second-order valence-electron chi connectivity index (χ2n) is 5.93. The molecule has 106 valence electrons. The first-order chi connectivity index (χ1) is 9.54. The third-order valence-corrected chi connectivity index (χ3v) is 5.31. The molecule has 4 nitrogen and oxygen atoms in total. The van der Waals surface area contributed by atoms with Gasteiger partial charge in [0.05, 0.1) is 18.2 Å². The fourth-order valence-corrected chi connectivity index (χ4v) is 4.05. The standard InChI is InChI=1S/C14H14Cl2N2O2/c1-5-6(3-11(15)18-13(5)16)14(19)17-9-4-10-7-2-8(7)12(9)20-10/h3,7-10,12H,2,4H2,1H3,(H,17,19)/t7-,8+,9-,10+,12+/m1/s1. The number of aromatic nitrogens is 1. The summed E-state index contributed by atoms with van der Waals surface area (Å²) in [6, 6.07) is 1.67. The normalized spacial score (nSPS) is 36.9. The van der Waals surface area contributed by atoms with Gasteiger partial charge in [-0.3, -0.25) is 4.79 Å². The van der Waals surface area contributed by atoms with Gasteiger partial charge in [-0.05, 0) is 43.2 Å². The Morgan fingerprint density at radius 1 is 1.40 bits per heavy atom. The molecule has 1 aromatic rings. The lowest BCUT2D eigenvalue weighted by atomic mass is 9.95. The second kappa shape index (κ2) is 4.33. The molecule has 1 amide bonds. The van der Waals surface area contributed by atoms with Crippen LogP contribution in [0.15, 0.2) is 6.07 Å². The highest BCUT2D eigenvalue weighted by Crippen LogP contribution is 2.58. The van der Waals surface area contributed by atoms with Gasteiger partial charge in [0.2, 0.25) is 0 Å². The molecule has 3 fully saturated rings. The second-order valence-corrected chi connectivity index (χ2v) is 6.67. The van der Waals surface area contributed by atoms with Crippen molar-refractivity contribution in [2.45, 2.75) is 38.0 Å². The van der Waals surface area contributed by atoms with Crippen molar-refractivity contribution in [1.29, 1.82) is 0 Å². The molecule has 5 atom stereocenters. The number of amides is 1. The van der Waals surface area contributed by atoms with Gasteiger partial charge in [0, 0.05) is 5.56 Å². The summed E-state index contributed by atoms with van der Waals surface area (Å²) in [6.45, 7) is 1.77. The number of hydrogen-bond donors (Lipinski definition) is 1. The zero-order valence-electron chi connectivity index (χ0n) is 10.9. The summed E-state index contributed by atoms with van der Waals surface area (Å²) in [5.74, 6) is 1.26. The lowest BCUT2D eigenvalue weighted by Gasteiger charge is -2.20. The van der Waals surface area contributed by atoms with Gasteiger partial charge in [0.25, 0.3) is 5.91 Å². The van der Waals surface area contributed by atoms with Crippen molar-refractivity contribution in [3.05, 3.63) is 27.5 Å². The maximum Gasteiger partial charge on any atom is 0.252 e. The Balaban J connectivity index is 1.54. The summed E-state index contributed by atoms with van der Waals surface area (Å²) >= 11 is 11.8. The number of ether oxygens (including phenoxy) is 1. The van der Waals surface area contributed by atoms with Gasteiger partial charge in [-0.15, -0.1) is 0 Å². The summed E-state index contributed by atoms with van der Waals surface area (Å²) < 4.78 is 5.88. The van der Waals surface area contributed by atoms with E-state index in [4.69, 9.17) is 27.9 Å². The van der Waals surface area contributed by atoms with Crippen LogP contribution in [0.5, 0.6) is 0 Å². The molecule has 0 spiro atoms. The van der Waals surface area contributed by atoms with Crippen molar-refractivity contribution in [1.82, 2.24) is 10.3 Å². The first-order valence-corrected chi connectivity index (χ1v) is 7.59. The third-order valence-electron chi connectivity index (χ3n) is 4.75. The molecule has 20 heavy (non-hydrogen) atoms. The predicted octanol–water partition coefficient (Wildman–Crippen LogP) is 2.60. The molecule has 0 unspecified atom stereocenters. The topological polar surface area (TPSA) is 51.2 Å². The monoisotopic (exact) mass is 312 g/mol. The molecule has 1 aliphatic carbocycles. The van der Waals surface area contributed by atoms with E-state index in [2.05, 4.69) is 10.3 Å². The van der Waals surface area contributed by atoms with Crippen molar-refractivity contribution in [2.75, 3.05) is 0 Å². The number of nitrogens with one attached hydrogen (secondary N) is 1. The van der Waals surface area contributed by atoms with Crippen molar-refractivity contribution in [3.63, 3.8) is 0 Å². The summed E-state index contributed by atoms with van der Waals surface area (Å²) in [5.41, 5.74) is 1.15. The molecule has 0 aromatic carbocycles. The molecule has 1 aromatic heterocycles. The number of rotatable bonds is 2. The third kappa shape index (κ3) is 1.85. The van der Waals surface area contributed by atoms with Gasteiger partial charge < -0.3 is 10.1 Å². The first kappa shape index (κ1) is 12.9. The van der Waals surface area contributed by atoms with E-state index < -0.39 is 0 Å². The summed E-state index contributed by atoms with van der Waals surface area (Å²) in [5, 5.41) is 3.58. The average Bonchev–Trinajstić information content (AvgIpc) is 3.01. The molecule has 2 bridgehead atoms. The highest BCUT2D eigenvalue weighted by Gasteiger charge is 2.62. The van der Waals surface area contributed by atoms with Crippen LogP contribution >= 0.6 is 23.2 Å². The molecule has 3 heterocycles. The number of hydrogen-bond acceptors (Lipinski definition) is 3. The molecule has 4 rings (SSSR count). The minimum Gasteiger partial charge on any atom is -0.372 e. The number of fused-ring (bicyclic) bond motifs is 5. The van der Waals surface area contributed by atoms with Crippen LogP contribution in [0.25, 0.3) is 0 Å². The maximum absolute atomic E-state index is 12.4. The van der Waals surface area contributed by atoms with E-state index in [1.165, 1.54) is 6.42 Å². The largest absolute Gasteiger partial charge is 0.372 e. The van der Waals surface area contributed by atoms with Gasteiger partial charge in [0.15, 0.2) is 0 Å². The fraction of sp³-hybridized carbons (Fsp3) is 0.571. The molecule has 3 aliphatic rings. The van der Waals surface area contributed by atoms with Gasteiger partial charge in [-0.1, -0.05) is 23.2 Å². The summed E-state index contributed by atoms with van der Waals surface area (Å²) in [6.07, 6.45) is 2.72. The van der Waals surface area contributed by atoms with Crippen LogP contribution in [-0.2, 0) is 4.74 Å². The van der Waals surface area contributed by atoms with Gasteiger partial charge in [-0.25, -0.2) is 4.98 Å². The van der Waals surface area contributed by atoms with Gasteiger partial charge >= 0.3 is 0 Å². The van der Waals surface area contributed by atoms with E-state index in [1.54, 1.807) is 13.0 Å². The number of pyridine rings is 1. The Morgan fingerprint density at radius 2 is 2.20 bits per heavy atom. The molecule has 0 radical (unpaired) electrons. The SMILES string of the molecule is Cc1c(C(=O)N[C@@H]2C[C@@H]3O[C@H]2[C@H]2C[C@H]23)cc(Cl)nc1Cl. The van der Waals surface area contributed by atoms with Crippen LogP contribution in [-0.4, -0.2) is 29.1 Å². The van der Waals surface area contributed by atoms with Crippen LogP contribution in [0.3, 0.4) is 0 Å². The van der Waals surface area contributed by atoms with E-state index in [-0.39, 0.29) is 28.4 Å². The summed E-state index contributed by atoms with van der Waals surface area (Å²) in [4.78, 5) is 16.3. The van der Waals surface area contributed by atoms with Crippen LogP contribution < -0.4 is 5.32 Å².